The lowest BCUT2D eigenvalue weighted by atomic mass is 10.1. The number of nitrogens with zero attached hydrogens (tertiary/aromatic N) is 3. The molecule has 1 aromatic heterocycles. The summed E-state index contributed by atoms with van der Waals surface area (Å²) in [4.78, 5) is 4.29. The van der Waals surface area contributed by atoms with Crippen molar-refractivity contribution in [2.45, 2.75) is 12.8 Å². The van der Waals surface area contributed by atoms with E-state index < -0.39 is 0 Å². The first-order valence-corrected chi connectivity index (χ1v) is 9.45. The van der Waals surface area contributed by atoms with Gasteiger partial charge in [-0.05, 0) is 54.3 Å². The van der Waals surface area contributed by atoms with E-state index in [1.165, 1.54) is 11.1 Å². The number of hydrogen-bond donors (Lipinski definition) is 2. The van der Waals surface area contributed by atoms with Crippen molar-refractivity contribution in [3.8, 4) is 11.4 Å². The van der Waals surface area contributed by atoms with Gasteiger partial charge in [0.2, 0.25) is 0 Å². The third-order valence-electron chi connectivity index (χ3n) is 4.48. The third-order valence-corrected chi connectivity index (χ3v) is 4.48. The summed E-state index contributed by atoms with van der Waals surface area (Å²) in [5.74, 6) is 1.70. The van der Waals surface area contributed by atoms with Crippen molar-refractivity contribution in [2.24, 2.45) is 4.99 Å². The molecular weight excluding hydrogens is 477 g/mol. The van der Waals surface area contributed by atoms with Gasteiger partial charge in [-0.3, -0.25) is 4.99 Å². The average molecular weight is 505 g/mol. The summed E-state index contributed by atoms with van der Waals surface area (Å²) >= 11 is 0. The molecule has 29 heavy (non-hydrogen) atoms. The molecule has 0 saturated heterocycles. The summed E-state index contributed by atoms with van der Waals surface area (Å²) < 4.78 is 7.12. The van der Waals surface area contributed by atoms with E-state index in [-0.39, 0.29) is 24.0 Å². The summed E-state index contributed by atoms with van der Waals surface area (Å²) in [6.07, 6.45) is 5.56. The maximum absolute atomic E-state index is 5.27. The fourth-order valence-corrected chi connectivity index (χ4v) is 2.94. The van der Waals surface area contributed by atoms with Gasteiger partial charge in [-0.2, -0.15) is 5.10 Å². The van der Waals surface area contributed by atoms with Gasteiger partial charge in [0.1, 0.15) is 5.75 Å². The van der Waals surface area contributed by atoms with Gasteiger partial charge in [-0.25, -0.2) is 4.68 Å². The summed E-state index contributed by atoms with van der Waals surface area (Å²) in [6.45, 7) is 1.63. The van der Waals surface area contributed by atoms with Crippen LogP contribution < -0.4 is 15.4 Å². The first-order valence-electron chi connectivity index (χ1n) is 9.45. The van der Waals surface area contributed by atoms with Gasteiger partial charge in [0.05, 0.1) is 12.8 Å². The van der Waals surface area contributed by atoms with Crippen LogP contribution in [0.25, 0.3) is 5.69 Å². The van der Waals surface area contributed by atoms with Crippen molar-refractivity contribution in [1.82, 2.24) is 20.4 Å². The second-order valence-electron chi connectivity index (χ2n) is 6.39. The van der Waals surface area contributed by atoms with E-state index in [0.717, 1.165) is 43.3 Å². The van der Waals surface area contributed by atoms with Crippen LogP contribution in [0, 0.1) is 0 Å². The molecule has 0 fully saturated rings. The second kappa shape index (κ2) is 12.1. The number of nitrogens with one attached hydrogen (secondary N) is 2. The molecule has 0 aliphatic heterocycles. The van der Waals surface area contributed by atoms with Gasteiger partial charge >= 0.3 is 0 Å². The van der Waals surface area contributed by atoms with E-state index >= 15 is 0 Å². The summed E-state index contributed by atoms with van der Waals surface area (Å²) in [5.41, 5.74) is 3.58. The molecule has 0 aliphatic carbocycles. The Balaban J connectivity index is 0.00000300. The molecule has 0 radical (unpaired) electrons. The Morgan fingerprint density at radius 3 is 2.34 bits per heavy atom. The van der Waals surface area contributed by atoms with E-state index in [2.05, 4.69) is 57.1 Å². The number of guanidine groups is 1. The van der Waals surface area contributed by atoms with Crippen molar-refractivity contribution in [1.29, 1.82) is 0 Å². The van der Waals surface area contributed by atoms with Crippen molar-refractivity contribution >= 4 is 29.9 Å². The molecular formula is C22H28IN5O. The standard InChI is InChI=1S/C22H27N5O.HI/c1-23-22(25-15-12-19-5-3-6-21(17-19)28-2)24-14-11-18-7-9-20(10-8-18)27-16-4-13-26-27;/h3-10,13,16-17H,11-12,14-15H2,1-2H3,(H2,23,24,25);1H. The number of aliphatic imine (C=N–C) groups is 1. The topological polar surface area (TPSA) is 63.5 Å². The van der Waals surface area contributed by atoms with Crippen LogP contribution in [-0.4, -0.2) is 43.0 Å². The number of benzene rings is 2. The first kappa shape index (κ1) is 22.7. The normalized spacial score (nSPS) is 10.9. The minimum absolute atomic E-state index is 0. The fourth-order valence-electron chi connectivity index (χ4n) is 2.94. The van der Waals surface area contributed by atoms with Gasteiger partial charge in [0, 0.05) is 32.5 Å². The highest BCUT2D eigenvalue weighted by atomic mass is 127. The molecule has 0 aliphatic rings. The highest BCUT2D eigenvalue weighted by Crippen LogP contribution is 2.12. The van der Waals surface area contributed by atoms with E-state index in [1.54, 1.807) is 20.4 Å². The quantitative estimate of drug-likeness (QED) is 0.280. The minimum Gasteiger partial charge on any atom is -0.497 e. The van der Waals surface area contributed by atoms with E-state index in [9.17, 15) is 0 Å². The molecule has 0 spiro atoms. The Labute approximate surface area is 189 Å². The number of methoxy groups -OCH3 is 1. The van der Waals surface area contributed by atoms with E-state index in [1.807, 2.05) is 29.1 Å². The van der Waals surface area contributed by atoms with Crippen LogP contribution >= 0.6 is 24.0 Å². The monoisotopic (exact) mass is 505 g/mol. The van der Waals surface area contributed by atoms with Gasteiger partial charge < -0.3 is 15.4 Å². The Kier molecular flexibility index (Phi) is 9.49. The molecule has 2 N–H and O–H groups in total. The van der Waals surface area contributed by atoms with E-state index in [0.29, 0.717) is 0 Å². The summed E-state index contributed by atoms with van der Waals surface area (Å²) in [7, 11) is 3.48. The molecule has 0 unspecified atom stereocenters. The molecule has 0 amide bonds. The lowest BCUT2D eigenvalue weighted by Crippen LogP contribution is -2.39. The number of aromatic nitrogens is 2. The molecule has 154 valence electrons. The zero-order chi connectivity index (χ0) is 19.6. The molecule has 7 heteroatoms. The van der Waals surface area contributed by atoms with E-state index in [4.69, 9.17) is 4.74 Å². The Morgan fingerprint density at radius 1 is 1.00 bits per heavy atom. The highest BCUT2D eigenvalue weighted by molar-refractivity contribution is 14.0. The average Bonchev–Trinajstić information content (AvgIpc) is 3.28. The smallest absolute Gasteiger partial charge is 0.190 e. The fraction of sp³-hybridized carbons (Fsp3) is 0.273. The number of hydrogen-bond acceptors (Lipinski definition) is 3. The predicted octanol–water partition coefficient (Wildman–Crippen LogP) is 3.45. The molecule has 0 bridgehead atoms. The van der Waals surface area contributed by atoms with Crippen LogP contribution in [0.3, 0.4) is 0 Å². The number of halogens is 1. The maximum atomic E-state index is 5.27. The highest BCUT2D eigenvalue weighted by Gasteiger charge is 2.01. The lowest BCUT2D eigenvalue weighted by Gasteiger charge is -2.12. The van der Waals surface area contributed by atoms with Crippen molar-refractivity contribution < 1.29 is 4.74 Å². The molecule has 0 atom stereocenters. The van der Waals surface area contributed by atoms with Gasteiger partial charge in [-0.1, -0.05) is 24.3 Å². The van der Waals surface area contributed by atoms with Crippen molar-refractivity contribution in [3.63, 3.8) is 0 Å². The van der Waals surface area contributed by atoms with Crippen LogP contribution in [-0.2, 0) is 12.8 Å². The van der Waals surface area contributed by atoms with Crippen molar-refractivity contribution in [3.05, 3.63) is 78.1 Å². The Bertz CT molecular complexity index is 878. The first-order chi connectivity index (χ1) is 13.8. The predicted molar refractivity (Wildman–Crippen MR) is 129 cm³/mol. The number of ether oxygens (including phenoxy) is 1. The van der Waals surface area contributed by atoms with Crippen LogP contribution in [0.15, 0.2) is 72.0 Å². The van der Waals surface area contributed by atoms with Gasteiger partial charge in [0.25, 0.3) is 0 Å². The van der Waals surface area contributed by atoms with Crippen LogP contribution in [0.2, 0.25) is 0 Å². The van der Waals surface area contributed by atoms with Gasteiger partial charge in [-0.15, -0.1) is 24.0 Å². The Hall–Kier alpha value is -2.55. The molecule has 1 heterocycles. The minimum atomic E-state index is 0. The zero-order valence-electron chi connectivity index (χ0n) is 16.8. The summed E-state index contributed by atoms with van der Waals surface area (Å²) in [6, 6.07) is 18.5. The lowest BCUT2D eigenvalue weighted by molar-refractivity contribution is 0.414. The largest absolute Gasteiger partial charge is 0.497 e. The summed E-state index contributed by atoms with van der Waals surface area (Å²) in [5, 5.41) is 11.0. The molecule has 3 aromatic rings. The SMILES string of the molecule is CN=C(NCCc1ccc(-n2cccn2)cc1)NCCc1cccc(OC)c1.I. The maximum Gasteiger partial charge on any atom is 0.190 e. The number of rotatable bonds is 8. The Morgan fingerprint density at radius 2 is 1.72 bits per heavy atom. The van der Waals surface area contributed by atoms with Gasteiger partial charge in [0.15, 0.2) is 5.96 Å². The zero-order valence-corrected chi connectivity index (χ0v) is 19.2. The molecule has 3 rings (SSSR count). The molecule has 6 nitrogen and oxygen atoms in total. The molecule has 2 aromatic carbocycles. The van der Waals surface area contributed by atoms with Crippen LogP contribution in [0.5, 0.6) is 5.75 Å². The third kappa shape index (κ3) is 7.08. The van der Waals surface area contributed by atoms with Crippen LogP contribution in [0.4, 0.5) is 0 Å². The second-order valence-corrected chi connectivity index (χ2v) is 6.39. The van der Waals surface area contributed by atoms with Crippen molar-refractivity contribution in [2.75, 3.05) is 27.2 Å². The molecule has 0 saturated carbocycles. The van der Waals surface area contributed by atoms with Crippen LogP contribution in [0.1, 0.15) is 11.1 Å².